The van der Waals surface area contributed by atoms with Crippen LogP contribution < -0.4 is 4.90 Å². The van der Waals surface area contributed by atoms with Gasteiger partial charge in [0.05, 0.1) is 12.2 Å². The fraction of sp³-hybridized carbons (Fsp3) is 0.571. The Morgan fingerprint density at radius 3 is 2.63 bits per heavy atom. The molecular weight excluding hydrogens is 244 g/mol. The number of pyridine rings is 1. The van der Waals surface area contributed by atoms with Gasteiger partial charge in [0, 0.05) is 25.9 Å². The third kappa shape index (κ3) is 4.21. The maximum atomic E-state index is 11.2. The smallest absolute Gasteiger partial charge is 0.335 e. The average Bonchev–Trinajstić information content (AvgIpc) is 2.39. The lowest BCUT2D eigenvalue weighted by molar-refractivity contribution is 0.0696. The first-order valence-corrected chi connectivity index (χ1v) is 6.48. The van der Waals surface area contributed by atoms with Crippen LogP contribution in [0.5, 0.6) is 0 Å². The van der Waals surface area contributed by atoms with Gasteiger partial charge in [-0.1, -0.05) is 13.8 Å². The van der Waals surface area contributed by atoms with Crippen LogP contribution in [0, 0.1) is 0 Å². The number of carboxylic acids is 1. The second kappa shape index (κ2) is 7.09. The fourth-order valence-corrected chi connectivity index (χ4v) is 1.75. The molecule has 0 atom stereocenters. The first kappa shape index (κ1) is 15.4. The second-order valence-corrected chi connectivity index (χ2v) is 4.67. The van der Waals surface area contributed by atoms with Gasteiger partial charge in [0.15, 0.2) is 0 Å². The highest BCUT2D eigenvalue weighted by molar-refractivity contribution is 5.88. The Hall–Kier alpha value is -1.62. The summed E-state index contributed by atoms with van der Waals surface area (Å²) in [7, 11) is 1.65. The lowest BCUT2D eigenvalue weighted by Crippen LogP contribution is -2.28. The summed E-state index contributed by atoms with van der Waals surface area (Å²) >= 11 is 0. The zero-order valence-electron chi connectivity index (χ0n) is 12.0. The van der Waals surface area contributed by atoms with Crippen LogP contribution in [-0.2, 0) is 4.74 Å². The van der Waals surface area contributed by atoms with Gasteiger partial charge >= 0.3 is 5.97 Å². The molecule has 1 aromatic rings. The zero-order chi connectivity index (χ0) is 14.4. The van der Waals surface area contributed by atoms with Crippen molar-refractivity contribution in [3.63, 3.8) is 0 Å². The van der Waals surface area contributed by atoms with Crippen molar-refractivity contribution < 1.29 is 14.6 Å². The van der Waals surface area contributed by atoms with Crippen LogP contribution in [0.3, 0.4) is 0 Å². The Morgan fingerprint density at radius 1 is 1.47 bits per heavy atom. The number of hydrogen-bond donors (Lipinski definition) is 1. The van der Waals surface area contributed by atoms with Crippen LogP contribution in [0.4, 0.5) is 5.82 Å². The molecule has 0 aliphatic heterocycles. The molecule has 1 rings (SSSR count). The number of aromatic carboxylic acids is 1. The molecule has 0 unspecified atom stereocenters. The van der Waals surface area contributed by atoms with E-state index in [9.17, 15) is 9.90 Å². The SMILES string of the molecule is CCN(CCOC)c1cc(C(=O)O)cc(C(C)C)n1. The summed E-state index contributed by atoms with van der Waals surface area (Å²) in [6.45, 7) is 8.06. The van der Waals surface area contributed by atoms with E-state index in [4.69, 9.17) is 4.74 Å². The molecule has 0 radical (unpaired) electrons. The van der Waals surface area contributed by atoms with E-state index in [2.05, 4.69) is 4.98 Å². The number of rotatable bonds is 7. The highest BCUT2D eigenvalue weighted by Gasteiger charge is 2.14. The minimum Gasteiger partial charge on any atom is -0.478 e. The summed E-state index contributed by atoms with van der Waals surface area (Å²) in [4.78, 5) is 17.7. The topological polar surface area (TPSA) is 62.7 Å². The number of carbonyl (C=O) groups is 1. The normalized spacial score (nSPS) is 10.8. The summed E-state index contributed by atoms with van der Waals surface area (Å²) in [5.74, 6) is -0.0318. The number of ether oxygens (including phenoxy) is 1. The minimum atomic E-state index is -0.923. The predicted octanol–water partition coefficient (Wildman–Crippen LogP) is 2.38. The first-order chi connectivity index (χ1) is 8.99. The van der Waals surface area contributed by atoms with Crippen molar-refractivity contribution in [2.24, 2.45) is 0 Å². The Bertz CT molecular complexity index is 433. The molecule has 0 fully saturated rings. The largest absolute Gasteiger partial charge is 0.478 e. The van der Waals surface area contributed by atoms with Crippen molar-refractivity contribution in [1.82, 2.24) is 4.98 Å². The van der Waals surface area contributed by atoms with E-state index in [1.165, 1.54) is 0 Å². The molecule has 1 N–H and O–H groups in total. The van der Waals surface area contributed by atoms with Crippen molar-refractivity contribution in [2.75, 3.05) is 31.7 Å². The highest BCUT2D eigenvalue weighted by Crippen LogP contribution is 2.20. The van der Waals surface area contributed by atoms with Crippen molar-refractivity contribution in [1.29, 1.82) is 0 Å². The second-order valence-electron chi connectivity index (χ2n) is 4.67. The number of nitrogens with zero attached hydrogens (tertiary/aromatic N) is 2. The van der Waals surface area contributed by atoms with Crippen LogP contribution in [-0.4, -0.2) is 42.9 Å². The van der Waals surface area contributed by atoms with Crippen LogP contribution in [0.2, 0.25) is 0 Å². The maximum Gasteiger partial charge on any atom is 0.335 e. The summed E-state index contributed by atoms with van der Waals surface area (Å²) in [6, 6.07) is 3.26. The Kier molecular flexibility index (Phi) is 5.76. The molecule has 5 nitrogen and oxygen atoms in total. The molecule has 19 heavy (non-hydrogen) atoms. The molecule has 0 amide bonds. The number of methoxy groups -OCH3 is 1. The lowest BCUT2D eigenvalue weighted by atomic mass is 10.1. The molecule has 1 heterocycles. The predicted molar refractivity (Wildman–Crippen MR) is 75.0 cm³/mol. The van der Waals surface area contributed by atoms with Gasteiger partial charge in [0.1, 0.15) is 5.82 Å². The quantitative estimate of drug-likeness (QED) is 0.821. The zero-order valence-corrected chi connectivity index (χ0v) is 12.0. The maximum absolute atomic E-state index is 11.2. The van der Waals surface area contributed by atoms with E-state index in [1.807, 2.05) is 25.7 Å². The summed E-state index contributed by atoms with van der Waals surface area (Å²) in [5, 5.41) is 9.18. The van der Waals surface area contributed by atoms with E-state index < -0.39 is 5.97 Å². The average molecular weight is 266 g/mol. The van der Waals surface area contributed by atoms with E-state index in [0.717, 1.165) is 12.2 Å². The number of likely N-dealkylation sites (N-methyl/N-ethyl adjacent to an activating group) is 1. The molecular formula is C14H22N2O3. The van der Waals surface area contributed by atoms with Gasteiger partial charge < -0.3 is 14.7 Å². The minimum absolute atomic E-state index is 0.194. The van der Waals surface area contributed by atoms with Gasteiger partial charge in [-0.15, -0.1) is 0 Å². The van der Waals surface area contributed by atoms with Crippen LogP contribution >= 0.6 is 0 Å². The van der Waals surface area contributed by atoms with Gasteiger partial charge in [-0.25, -0.2) is 9.78 Å². The van der Waals surface area contributed by atoms with Crippen LogP contribution in [0.1, 0.15) is 42.7 Å². The molecule has 5 heteroatoms. The summed E-state index contributed by atoms with van der Waals surface area (Å²) < 4.78 is 5.07. The van der Waals surface area contributed by atoms with E-state index in [1.54, 1.807) is 19.2 Å². The molecule has 0 aliphatic rings. The summed E-state index contributed by atoms with van der Waals surface area (Å²) in [6.07, 6.45) is 0. The number of carboxylic acid groups (broad SMARTS) is 1. The standard InChI is InChI=1S/C14H22N2O3/c1-5-16(6-7-19-4)13-9-11(14(17)18)8-12(15-13)10(2)3/h8-10H,5-7H2,1-4H3,(H,17,18). The van der Waals surface area contributed by atoms with Gasteiger partial charge in [0.25, 0.3) is 0 Å². The van der Waals surface area contributed by atoms with Crippen molar-refractivity contribution >= 4 is 11.8 Å². The summed E-state index contributed by atoms with van der Waals surface area (Å²) in [5.41, 5.74) is 1.08. The van der Waals surface area contributed by atoms with Crippen molar-refractivity contribution in [3.05, 3.63) is 23.4 Å². The molecule has 0 bridgehead atoms. The third-order valence-electron chi connectivity index (χ3n) is 2.94. The molecule has 0 spiro atoms. The van der Waals surface area contributed by atoms with Crippen LogP contribution in [0.25, 0.3) is 0 Å². The Labute approximate surface area is 114 Å². The number of hydrogen-bond acceptors (Lipinski definition) is 4. The molecule has 0 saturated heterocycles. The molecule has 0 aliphatic carbocycles. The molecule has 0 saturated carbocycles. The number of anilines is 1. The highest BCUT2D eigenvalue weighted by atomic mass is 16.5. The monoisotopic (exact) mass is 266 g/mol. The van der Waals surface area contributed by atoms with E-state index in [0.29, 0.717) is 19.0 Å². The van der Waals surface area contributed by atoms with Gasteiger partial charge in [0.2, 0.25) is 0 Å². The van der Waals surface area contributed by atoms with E-state index in [-0.39, 0.29) is 11.5 Å². The third-order valence-corrected chi connectivity index (χ3v) is 2.94. The van der Waals surface area contributed by atoms with Gasteiger partial charge in [-0.2, -0.15) is 0 Å². The molecule has 1 aromatic heterocycles. The van der Waals surface area contributed by atoms with Gasteiger partial charge in [-0.3, -0.25) is 0 Å². The molecule has 0 aromatic carbocycles. The van der Waals surface area contributed by atoms with E-state index >= 15 is 0 Å². The Balaban J connectivity index is 3.13. The first-order valence-electron chi connectivity index (χ1n) is 6.48. The number of aromatic nitrogens is 1. The Morgan fingerprint density at radius 2 is 2.16 bits per heavy atom. The molecule has 106 valence electrons. The van der Waals surface area contributed by atoms with Crippen molar-refractivity contribution in [3.8, 4) is 0 Å². The van der Waals surface area contributed by atoms with Crippen molar-refractivity contribution in [2.45, 2.75) is 26.7 Å². The van der Waals surface area contributed by atoms with Gasteiger partial charge in [-0.05, 0) is 25.0 Å². The fourth-order valence-electron chi connectivity index (χ4n) is 1.75. The lowest BCUT2D eigenvalue weighted by Gasteiger charge is -2.23. The van der Waals surface area contributed by atoms with Crippen LogP contribution in [0.15, 0.2) is 12.1 Å².